The van der Waals surface area contributed by atoms with E-state index >= 15 is 0 Å². The molecule has 3 atom stereocenters. The SMILES string of the molecule is CCS(=O)C1CCCC(Nc2ccc([N+](=O)[O-])cc2)C1. The van der Waals surface area contributed by atoms with E-state index < -0.39 is 15.7 Å². The molecule has 0 bridgehead atoms. The Bertz CT molecular complexity index is 490. The van der Waals surface area contributed by atoms with Crippen molar-refractivity contribution in [1.29, 1.82) is 0 Å². The molecule has 0 heterocycles. The molecule has 6 heteroatoms. The third kappa shape index (κ3) is 3.79. The number of nitrogens with zero attached hydrogens (tertiary/aromatic N) is 1. The van der Waals surface area contributed by atoms with Crippen LogP contribution in [0.4, 0.5) is 11.4 Å². The van der Waals surface area contributed by atoms with E-state index in [0.717, 1.165) is 37.1 Å². The Labute approximate surface area is 121 Å². The Balaban J connectivity index is 1.95. The second-order valence-electron chi connectivity index (χ2n) is 5.10. The maximum atomic E-state index is 11.9. The van der Waals surface area contributed by atoms with Crippen LogP contribution >= 0.6 is 0 Å². The van der Waals surface area contributed by atoms with Crippen LogP contribution in [0.2, 0.25) is 0 Å². The number of hydrogen-bond donors (Lipinski definition) is 1. The van der Waals surface area contributed by atoms with Crippen LogP contribution in [0.15, 0.2) is 24.3 Å². The molecular weight excluding hydrogens is 276 g/mol. The Morgan fingerprint density at radius 2 is 2.05 bits per heavy atom. The third-order valence-electron chi connectivity index (χ3n) is 3.73. The van der Waals surface area contributed by atoms with Crippen molar-refractivity contribution in [1.82, 2.24) is 0 Å². The number of benzene rings is 1. The minimum Gasteiger partial charge on any atom is -0.382 e. The van der Waals surface area contributed by atoms with Gasteiger partial charge in [0.2, 0.25) is 0 Å². The molecule has 2 rings (SSSR count). The van der Waals surface area contributed by atoms with Crippen molar-refractivity contribution in [3.63, 3.8) is 0 Å². The van der Waals surface area contributed by atoms with E-state index in [2.05, 4.69) is 5.32 Å². The molecule has 0 spiro atoms. The number of rotatable bonds is 5. The molecule has 1 aliphatic carbocycles. The minimum absolute atomic E-state index is 0.101. The summed E-state index contributed by atoms with van der Waals surface area (Å²) in [7, 11) is -0.731. The molecule has 1 aromatic rings. The number of nitro benzene ring substituents is 1. The topological polar surface area (TPSA) is 72.2 Å². The zero-order valence-corrected chi connectivity index (χ0v) is 12.4. The van der Waals surface area contributed by atoms with E-state index in [4.69, 9.17) is 0 Å². The number of non-ortho nitro benzene ring substituents is 1. The van der Waals surface area contributed by atoms with E-state index in [1.54, 1.807) is 12.1 Å². The molecule has 1 N–H and O–H groups in total. The van der Waals surface area contributed by atoms with Gasteiger partial charge in [0.05, 0.1) is 4.92 Å². The largest absolute Gasteiger partial charge is 0.382 e. The maximum absolute atomic E-state index is 11.9. The fraction of sp³-hybridized carbons (Fsp3) is 0.571. The van der Waals surface area contributed by atoms with Crippen molar-refractivity contribution in [2.45, 2.75) is 43.9 Å². The van der Waals surface area contributed by atoms with Crippen LogP contribution in [0.1, 0.15) is 32.6 Å². The first kappa shape index (κ1) is 15.0. The van der Waals surface area contributed by atoms with Gasteiger partial charge in [0.25, 0.3) is 5.69 Å². The zero-order valence-electron chi connectivity index (χ0n) is 11.6. The third-order valence-corrected chi connectivity index (χ3v) is 5.47. The molecule has 3 unspecified atom stereocenters. The lowest BCUT2D eigenvalue weighted by molar-refractivity contribution is -0.384. The number of nitrogens with one attached hydrogen (secondary N) is 1. The molecule has 5 nitrogen and oxygen atoms in total. The molecular formula is C14H20N2O3S. The Morgan fingerprint density at radius 3 is 2.65 bits per heavy atom. The lowest BCUT2D eigenvalue weighted by atomic mass is 9.95. The van der Waals surface area contributed by atoms with Gasteiger partial charge in [0.15, 0.2) is 0 Å². The van der Waals surface area contributed by atoms with Crippen LogP contribution < -0.4 is 5.32 Å². The monoisotopic (exact) mass is 296 g/mol. The highest BCUT2D eigenvalue weighted by Gasteiger charge is 2.25. The normalized spacial score (nSPS) is 24.1. The lowest BCUT2D eigenvalue weighted by Crippen LogP contribution is -2.32. The summed E-state index contributed by atoms with van der Waals surface area (Å²) in [6.45, 7) is 1.96. The van der Waals surface area contributed by atoms with Gasteiger partial charge in [0, 0.05) is 45.7 Å². The first-order valence-electron chi connectivity index (χ1n) is 6.98. The van der Waals surface area contributed by atoms with Gasteiger partial charge in [-0.25, -0.2) is 0 Å². The van der Waals surface area contributed by atoms with Crippen LogP contribution in [0.3, 0.4) is 0 Å². The number of nitro groups is 1. The maximum Gasteiger partial charge on any atom is 0.269 e. The van der Waals surface area contributed by atoms with Gasteiger partial charge in [-0.05, 0) is 31.4 Å². The molecule has 0 saturated heterocycles. The van der Waals surface area contributed by atoms with Crippen LogP contribution in [-0.2, 0) is 10.8 Å². The summed E-state index contributed by atoms with van der Waals surface area (Å²) in [5.74, 6) is 0.717. The van der Waals surface area contributed by atoms with Gasteiger partial charge in [-0.3, -0.25) is 14.3 Å². The zero-order chi connectivity index (χ0) is 14.5. The first-order valence-corrected chi connectivity index (χ1v) is 8.36. The molecule has 0 amide bonds. The Morgan fingerprint density at radius 1 is 1.35 bits per heavy atom. The molecule has 0 aromatic heterocycles. The number of hydrogen-bond acceptors (Lipinski definition) is 4. The van der Waals surface area contributed by atoms with Crippen LogP contribution in [0, 0.1) is 10.1 Å². The van der Waals surface area contributed by atoms with E-state index in [-0.39, 0.29) is 10.9 Å². The van der Waals surface area contributed by atoms with E-state index in [1.165, 1.54) is 12.1 Å². The van der Waals surface area contributed by atoms with Crippen molar-refractivity contribution < 1.29 is 9.13 Å². The van der Waals surface area contributed by atoms with E-state index in [1.807, 2.05) is 6.92 Å². The highest BCUT2D eigenvalue weighted by atomic mass is 32.2. The molecule has 1 fully saturated rings. The van der Waals surface area contributed by atoms with Gasteiger partial charge >= 0.3 is 0 Å². The predicted octanol–water partition coefficient (Wildman–Crippen LogP) is 3.09. The van der Waals surface area contributed by atoms with Gasteiger partial charge in [-0.15, -0.1) is 0 Å². The standard InChI is InChI=1S/C14H20N2O3S/c1-2-20(19)14-5-3-4-12(10-14)15-11-6-8-13(9-7-11)16(17)18/h6-9,12,14-15H,2-5,10H2,1H3. The van der Waals surface area contributed by atoms with Crippen molar-refractivity contribution >= 4 is 22.2 Å². The van der Waals surface area contributed by atoms with Crippen LogP contribution in [-0.4, -0.2) is 26.2 Å². The Hall–Kier alpha value is -1.43. The van der Waals surface area contributed by atoms with Gasteiger partial charge in [-0.1, -0.05) is 13.3 Å². The highest BCUT2D eigenvalue weighted by Crippen LogP contribution is 2.26. The van der Waals surface area contributed by atoms with Gasteiger partial charge in [-0.2, -0.15) is 0 Å². The fourth-order valence-corrected chi connectivity index (χ4v) is 4.01. The summed E-state index contributed by atoms with van der Waals surface area (Å²) >= 11 is 0. The quantitative estimate of drug-likeness (QED) is 0.669. The average molecular weight is 296 g/mol. The van der Waals surface area contributed by atoms with E-state index in [0.29, 0.717) is 6.04 Å². The fourth-order valence-electron chi connectivity index (χ4n) is 2.67. The molecule has 1 aliphatic rings. The highest BCUT2D eigenvalue weighted by molar-refractivity contribution is 7.85. The lowest BCUT2D eigenvalue weighted by Gasteiger charge is -2.29. The molecule has 0 radical (unpaired) electrons. The molecule has 0 aliphatic heterocycles. The summed E-state index contributed by atoms with van der Waals surface area (Å²) in [6, 6.07) is 6.79. The summed E-state index contributed by atoms with van der Waals surface area (Å²) in [4.78, 5) is 10.2. The Kier molecular flexibility index (Phi) is 5.11. The predicted molar refractivity (Wildman–Crippen MR) is 81.4 cm³/mol. The van der Waals surface area contributed by atoms with Crippen molar-refractivity contribution in [2.24, 2.45) is 0 Å². The summed E-state index contributed by atoms with van der Waals surface area (Å²) in [6.07, 6.45) is 4.10. The summed E-state index contributed by atoms with van der Waals surface area (Å²) in [5.41, 5.74) is 0.993. The minimum atomic E-state index is -0.731. The van der Waals surface area contributed by atoms with Crippen molar-refractivity contribution in [3.05, 3.63) is 34.4 Å². The number of anilines is 1. The molecule has 1 saturated carbocycles. The summed E-state index contributed by atoms with van der Waals surface area (Å²) < 4.78 is 11.9. The van der Waals surface area contributed by atoms with Gasteiger partial charge in [0.1, 0.15) is 0 Å². The van der Waals surface area contributed by atoms with E-state index in [9.17, 15) is 14.3 Å². The van der Waals surface area contributed by atoms with Crippen LogP contribution in [0.25, 0.3) is 0 Å². The molecule has 1 aromatic carbocycles. The van der Waals surface area contributed by atoms with Crippen molar-refractivity contribution in [3.8, 4) is 0 Å². The summed E-state index contributed by atoms with van der Waals surface area (Å²) in [5, 5.41) is 14.3. The molecule has 20 heavy (non-hydrogen) atoms. The molecule has 110 valence electrons. The second kappa shape index (κ2) is 6.83. The first-order chi connectivity index (χ1) is 9.60. The van der Waals surface area contributed by atoms with Crippen LogP contribution in [0.5, 0.6) is 0 Å². The second-order valence-corrected chi connectivity index (χ2v) is 7.11. The van der Waals surface area contributed by atoms with Crippen molar-refractivity contribution in [2.75, 3.05) is 11.1 Å². The van der Waals surface area contributed by atoms with Gasteiger partial charge < -0.3 is 5.32 Å². The average Bonchev–Trinajstić information content (AvgIpc) is 2.47. The smallest absolute Gasteiger partial charge is 0.269 e.